The Bertz CT molecular complexity index is 397. The standard InChI is InChI=1S/C13H14O2/c14-12-8-10-6-3-5-9-4-1-2-7-11(9)13(10)15-12/h1-2,4,7,10,13H,3,5-6,8H2/t10-,13-/m1/s1. The second-order valence-electron chi connectivity index (χ2n) is 4.47. The van der Waals surface area contributed by atoms with Gasteiger partial charge < -0.3 is 4.74 Å². The smallest absolute Gasteiger partial charge is 0.306 e. The molecule has 1 heterocycles. The summed E-state index contributed by atoms with van der Waals surface area (Å²) in [5.74, 6) is 0.392. The molecule has 1 aliphatic heterocycles. The van der Waals surface area contributed by atoms with E-state index in [1.165, 1.54) is 17.5 Å². The van der Waals surface area contributed by atoms with Crippen LogP contribution in [-0.2, 0) is 16.0 Å². The van der Waals surface area contributed by atoms with Crippen LogP contribution in [0.2, 0.25) is 0 Å². The lowest BCUT2D eigenvalue weighted by molar-refractivity contribution is -0.141. The number of esters is 1. The van der Waals surface area contributed by atoms with Gasteiger partial charge in [-0.3, -0.25) is 4.79 Å². The van der Waals surface area contributed by atoms with E-state index in [1.54, 1.807) is 0 Å². The van der Waals surface area contributed by atoms with Crippen molar-refractivity contribution in [2.24, 2.45) is 5.92 Å². The van der Waals surface area contributed by atoms with Crippen LogP contribution >= 0.6 is 0 Å². The number of hydrogen-bond donors (Lipinski definition) is 0. The topological polar surface area (TPSA) is 26.3 Å². The molecule has 0 saturated carbocycles. The fourth-order valence-electron chi connectivity index (χ4n) is 2.77. The molecule has 1 saturated heterocycles. The van der Waals surface area contributed by atoms with Crippen molar-refractivity contribution in [3.8, 4) is 0 Å². The lowest BCUT2D eigenvalue weighted by Gasteiger charge is -2.16. The highest BCUT2D eigenvalue weighted by Gasteiger charge is 2.37. The minimum atomic E-state index is -0.0262. The molecule has 2 heteroatoms. The Morgan fingerprint density at radius 1 is 1.27 bits per heavy atom. The third kappa shape index (κ3) is 1.44. The Kier molecular flexibility index (Phi) is 2.01. The summed E-state index contributed by atoms with van der Waals surface area (Å²) in [5.41, 5.74) is 2.60. The summed E-state index contributed by atoms with van der Waals surface area (Å²) in [6.45, 7) is 0. The van der Waals surface area contributed by atoms with Crippen LogP contribution in [0.5, 0.6) is 0 Å². The number of ether oxygens (including phenoxy) is 1. The lowest BCUT2D eigenvalue weighted by Crippen LogP contribution is -2.06. The Morgan fingerprint density at radius 3 is 3.07 bits per heavy atom. The Hall–Kier alpha value is -1.31. The van der Waals surface area contributed by atoms with E-state index in [0.29, 0.717) is 12.3 Å². The summed E-state index contributed by atoms with van der Waals surface area (Å²) in [5, 5.41) is 0. The van der Waals surface area contributed by atoms with Gasteiger partial charge in [-0.2, -0.15) is 0 Å². The largest absolute Gasteiger partial charge is 0.457 e. The normalized spacial score (nSPS) is 28.9. The first-order valence-electron chi connectivity index (χ1n) is 5.62. The number of fused-ring (bicyclic) bond motifs is 3. The predicted molar refractivity (Wildman–Crippen MR) is 56.3 cm³/mol. The molecular weight excluding hydrogens is 188 g/mol. The van der Waals surface area contributed by atoms with Crippen LogP contribution < -0.4 is 0 Å². The molecule has 0 N–H and O–H groups in total. The molecule has 0 spiro atoms. The van der Waals surface area contributed by atoms with Gasteiger partial charge in [0.1, 0.15) is 6.10 Å². The summed E-state index contributed by atoms with van der Waals surface area (Å²) >= 11 is 0. The van der Waals surface area contributed by atoms with E-state index in [4.69, 9.17) is 4.74 Å². The van der Waals surface area contributed by atoms with Crippen LogP contribution in [0.1, 0.15) is 36.5 Å². The van der Waals surface area contributed by atoms with Gasteiger partial charge in [-0.05, 0) is 30.4 Å². The average Bonchev–Trinajstić information content (AvgIpc) is 2.52. The maximum atomic E-state index is 11.3. The second kappa shape index (κ2) is 3.37. The summed E-state index contributed by atoms with van der Waals surface area (Å²) in [6, 6.07) is 8.37. The van der Waals surface area contributed by atoms with Gasteiger partial charge in [-0.15, -0.1) is 0 Å². The van der Waals surface area contributed by atoms with Crippen molar-refractivity contribution in [3.05, 3.63) is 35.4 Å². The van der Waals surface area contributed by atoms with Gasteiger partial charge in [0.15, 0.2) is 0 Å². The van der Waals surface area contributed by atoms with E-state index in [2.05, 4.69) is 18.2 Å². The van der Waals surface area contributed by atoms with Crippen molar-refractivity contribution < 1.29 is 9.53 Å². The molecule has 1 aromatic rings. The minimum absolute atomic E-state index is 0.0262. The first kappa shape index (κ1) is 8.96. The van der Waals surface area contributed by atoms with Crippen molar-refractivity contribution in [2.45, 2.75) is 31.8 Å². The van der Waals surface area contributed by atoms with E-state index in [1.807, 2.05) is 6.07 Å². The first-order valence-corrected chi connectivity index (χ1v) is 5.62. The van der Waals surface area contributed by atoms with Gasteiger partial charge in [0.05, 0.1) is 6.42 Å². The molecule has 0 aromatic heterocycles. The van der Waals surface area contributed by atoms with Gasteiger partial charge in [-0.25, -0.2) is 0 Å². The molecule has 1 aromatic carbocycles. The maximum Gasteiger partial charge on any atom is 0.306 e. The molecule has 2 aliphatic rings. The molecule has 1 aliphatic carbocycles. The average molecular weight is 202 g/mol. The second-order valence-corrected chi connectivity index (χ2v) is 4.47. The van der Waals surface area contributed by atoms with Crippen molar-refractivity contribution in [3.63, 3.8) is 0 Å². The molecule has 3 rings (SSSR count). The van der Waals surface area contributed by atoms with Crippen molar-refractivity contribution in [1.29, 1.82) is 0 Å². The SMILES string of the molecule is O=C1C[C@H]2CCCc3ccccc3[C@@H]2O1. The van der Waals surface area contributed by atoms with Crippen LogP contribution in [0.3, 0.4) is 0 Å². The fourth-order valence-corrected chi connectivity index (χ4v) is 2.77. The maximum absolute atomic E-state index is 11.3. The molecule has 2 atom stereocenters. The van der Waals surface area contributed by atoms with Crippen LogP contribution in [0.4, 0.5) is 0 Å². The minimum Gasteiger partial charge on any atom is -0.457 e. The molecule has 15 heavy (non-hydrogen) atoms. The molecule has 0 unspecified atom stereocenters. The van der Waals surface area contributed by atoms with Crippen molar-refractivity contribution >= 4 is 5.97 Å². The van der Waals surface area contributed by atoms with Crippen LogP contribution in [0.15, 0.2) is 24.3 Å². The number of aryl methyl sites for hydroxylation is 1. The van der Waals surface area contributed by atoms with E-state index >= 15 is 0 Å². The highest BCUT2D eigenvalue weighted by molar-refractivity contribution is 5.72. The van der Waals surface area contributed by atoms with Gasteiger partial charge >= 0.3 is 5.97 Å². The van der Waals surface area contributed by atoms with E-state index in [-0.39, 0.29) is 12.1 Å². The van der Waals surface area contributed by atoms with Gasteiger partial charge in [-0.1, -0.05) is 24.3 Å². The van der Waals surface area contributed by atoms with Crippen molar-refractivity contribution in [2.75, 3.05) is 0 Å². The number of rotatable bonds is 0. The predicted octanol–water partition coefficient (Wildman–Crippen LogP) is 2.63. The van der Waals surface area contributed by atoms with E-state index in [0.717, 1.165) is 12.8 Å². The number of hydrogen-bond acceptors (Lipinski definition) is 2. The highest BCUT2D eigenvalue weighted by atomic mass is 16.5. The number of carbonyl (C=O) groups excluding carboxylic acids is 1. The molecule has 0 bridgehead atoms. The highest BCUT2D eigenvalue weighted by Crippen LogP contribution is 2.42. The zero-order valence-electron chi connectivity index (χ0n) is 8.61. The zero-order chi connectivity index (χ0) is 10.3. The summed E-state index contributed by atoms with van der Waals surface area (Å²) in [6.07, 6.45) is 4.07. The third-order valence-corrected chi connectivity index (χ3v) is 3.50. The molecule has 1 fully saturated rings. The van der Waals surface area contributed by atoms with Gasteiger partial charge in [0.2, 0.25) is 0 Å². The molecule has 2 nitrogen and oxygen atoms in total. The monoisotopic (exact) mass is 202 g/mol. The number of carbonyl (C=O) groups is 1. The van der Waals surface area contributed by atoms with Gasteiger partial charge in [0, 0.05) is 5.92 Å². The Morgan fingerprint density at radius 2 is 2.13 bits per heavy atom. The third-order valence-electron chi connectivity index (χ3n) is 3.50. The van der Waals surface area contributed by atoms with E-state index in [9.17, 15) is 4.79 Å². The number of benzene rings is 1. The van der Waals surface area contributed by atoms with Crippen molar-refractivity contribution in [1.82, 2.24) is 0 Å². The summed E-state index contributed by atoms with van der Waals surface area (Å²) < 4.78 is 5.43. The quantitative estimate of drug-likeness (QED) is 0.604. The first-order chi connectivity index (χ1) is 7.34. The lowest BCUT2D eigenvalue weighted by atomic mass is 9.93. The van der Waals surface area contributed by atoms with Crippen LogP contribution in [0, 0.1) is 5.92 Å². The van der Waals surface area contributed by atoms with Crippen LogP contribution in [-0.4, -0.2) is 5.97 Å². The Balaban J connectivity index is 2.04. The zero-order valence-corrected chi connectivity index (χ0v) is 8.61. The Labute approximate surface area is 89.2 Å². The molecular formula is C13H14O2. The molecule has 0 amide bonds. The molecule has 0 radical (unpaired) electrons. The molecule has 78 valence electrons. The summed E-state index contributed by atoms with van der Waals surface area (Å²) in [4.78, 5) is 11.3. The fraction of sp³-hybridized carbons (Fsp3) is 0.462. The van der Waals surface area contributed by atoms with Gasteiger partial charge in [0.25, 0.3) is 0 Å². The van der Waals surface area contributed by atoms with E-state index < -0.39 is 0 Å². The van der Waals surface area contributed by atoms with Crippen LogP contribution in [0.25, 0.3) is 0 Å². The summed E-state index contributed by atoms with van der Waals surface area (Å²) in [7, 11) is 0.